The summed E-state index contributed by atoms with van der Waals surface area (Å²) in [6, 6.07) is 6.42. The quantitative estimate of drug-likeness (QED) is 0.855. The molecule has 2 unspecified atom stereocenters. The van der Waals surface area contributed by atoms with Crippen molar-refractivity contribution in [2.45, 2.75) is 32.9 Å². The lowest BCUT2D eigenvalue weighted by Gasteiger charge is -2.18. The summed E-state index contributed by atoms with van der Waals surface area (Å²) in [5.74, 6) is 0.0603. The van der Waals surface area contributed by atoms with E-state index in [1.165, 1.54) is 12.1 Å². The summed E-state index contributed by atoms with van der Waals surface area (Å²) in [6.45, 7) is 6.41. The minimum atomic E-state index is -0.593. The lowest BCUT2D eigenvalue weighted by Crippen LogP contribution is -2.19. The van der Waals surface area contributed by atoms with Crippen molar-refractivity contribution in [1.82, 2.24) is 5.32 Å². The molecule has 1 N–H and O–H groups in total. The maximum absolute atomic E-state index is 13.2. The zero-order valence-electron chi connectivity index (χ0n) is 10.3. The zero-order chi connectivity index (χ0) is 12.8. The number of nitrogens with zero attached hydrogens (tertiary/aromatic N) is 1. The number of ether oxygens (including phenoxy) is 1. The van der Waals surface area contributed by atoms with Gasteiger partial charge in [-0.15, -0.1) is 0 Å². The maximum Gasteiger partial charge on any atom is 0.181 e. The molecule has 0 amide bonds. The third kappa shape index (κ3) is 3.72. The number of nitrogens with one attached hydrogen (secondary N) is 1. The lowest BCUT2D eigenvalue weighted by molar-refractivity contribution is 0.270. The van der Waals surface area contributed by atoms with Crippen LogP contribution in [0.15, 0.2) is 18.2 Å². The molecule has 1 rings (SSSR count). The van der Waals surface area contributed by atoms with E-state index in [1.807, 2.05) is 19.9 Å². The topological polar surface area (TPSA) is 45.0 Å². The fourth-order valence-electron chi connectivity index (χ4n) is 1.60. The molecule has 1 aromatic rings. The SMILES string of the molecule is CCNC(C)c1ccc(F)cc1OC(C)C#N. The van der Waals surface area contributed by atoms with Gasteiger partial charge in [0, 0.05) is 17.7 Å². The summed E-state index contributed by atoms with van der Waals surface area (Å²) in [7, 11) is 0. The summed E-state index contributed by atoms with van der Waals surface area (Å²) in [5, 5.41) is 11.9. The Kier molecular flexibility index (Phi) is 4.92. The van der Waals surface area contributed by atoms with Gasteiger partial charge in [0.15, 0.2) is 6.10 Å². The first kappa shape index (κ1) is 13.5. The average molecular weight is 236 g/mol. The van der Waals surface area contributed by atoms with Gasteiger partial charge >= 0.3 is 0 Å². The van der Waals surface area contributed by atoms with Crippen LogP contribution in [0.1, 0.15) is 32.4 Å². The molecule has 17 heavy (non-hydrogen) atoms. The monoisotopic (exact) mass is 236 g/mol. The number of benzene rings is 1. The van der Waals surface area contributed by atoms with Crippen LogP contribution in [0.25, 0.3) is 0 Å². The van der Waals surface area contributed by atoms with Crippen LogP contribution in [0.3, 0.4) is 0 Å². The van der Waals surface area contributed by atoms with Crippen molar-refractivity contribution in [3.8, 4) is 11.8 Å². The molecule has 0 aromatic heterocycles. The van der Waals surface area contributed by atoms with E-state index in [-0.39, 0.29) is 11.9 Å². The first-order valence-electron chi connectivity index (χ1n) is 5.67. The first-order chi connectivity index (χ1) is 8.08. The highest BCUT2D eigenvalue weighted by molar-refractivity contribution is 5.36. The Bertz CT molecular complexity index is 414. The van der Waals surface area contributed by atoms with Gasteiger partial charge in [-0.3, -0.25) is 0 Å². The molecule has 0 aliphatic heterocycles. The average Bonchev–Trinajstić information content (AvgIpc) is 2.29. The van der Waals surface area contributed by atoms with Crippen molar-refractivity contribution in [3.63, 3.8) is 0 Å². The number of halogens is 1. The van der Waals surface area contributed by atoms with Gasteiger partial charge in [-0.2, -0.15) is 5.26 Å². The van der Waals surface area contributed by atoms with Crippen LogP contribution >= 0.6 is 0 Å². The fraction of sp³-hybridized carbons (Fsp3) is 0.462. The number of nitriles is 1. The van der Waals surface area contributed by atoms with Gasteiger partial charge in [0.2, 0.25) is 0 Å². The minimum Gasteiger partial charge on any atom is -0.475 e. The van der Waals surface area contributed by atoms with Crippen molar-refractivity contribution in [1.29, 1.82) is 5.26 Å². The largest absolute Gasteiger partial charge is 0.475 e. The number of hydrogen-bond acceptors (Lipinski definition) is 3. The van der Waals surface area contributed by atoms with Crippen LogP contribution in [0, 0.1) is 17.1 Å². The van der Waals surface area contributed by atoms with Gasteiger partial charge in [0.05, 0.1) is 0 Å². The molecule has 3 nitrogen and oxygen atoms in total. The summed E-state index contributed by atoms with van der Waals surface area (Å²) in [4.78, 5) is 0. The number of rotatable bonds is 5. The van der Waals surface area contributed by atoms with Crippen LogP contribution in [0.2, 0.25) is 0 Å². The van der Waals surface area contributed by atoms with Crippen LogP contribution in [-0.4, -0.2) is 12.6 Å². The predicted octanol–water partition coefficient (Wildman–Crippen LogP) is 2.79. The molecule has 2 atom stereocenters. The second-order valence-electron chi connectivity index (χ2n) is 3.85. The van der Waals surface area contributed by atoms with E-state index in [9.17, 15) is 4.39 Å². The highest BCUT2D eigenvalue weighted by Crippen LogP contribution is 2.26. The molecule has 4 heteroatoms. The second-order valence-corrected chi connectivity index (χ2v) is 3.85. The van der Waals surface area contributed by atoms with E-state index >= 15 is 0 Å². The molecule has 0 bridgehead atoms. The molecule has 0 aliphatic carbocycles. The third-order valence-corrected chi connectivity index (χ3v) is 2.44. The Morgan fingerprint density at radius 1 is 1.47 bits per heavy atom. The van der Waals surface area contributed by atoms with Crippen LogP contribution < -0.4 is 10.1 Å². The number of hydrogen-bond donors (Lipinski definition) is 1. The van der Waals surface area contributed by atoms with Gasteiger partial charge in [-0.05, 0) is 26.5 Å². The summed E-state index contributed by atoms with van der Waals surface area (Å²) >= 11 is 0. The van der Waals surface area contributed by atoms with E-state index in [2.05, 4.69) is 5.32 Å². The Morgan fingerprint density at radius 3 is 2.76 bits per heavy atom. The third-order valence-electron chi connectivity index (χ3n) is 2.44. The van der Waals surface area contributed by atoms with Gasteiger partial charge in [0.1, 0.15) is 17.6 Å². The Hall–Kier alpha value is -1.60. The second kappa shape index (κ2) is 6.21. The molecule has 92 valence electrons. The molecular formula is C13H17FN2O. The molecule has 0 saturated carbocycles. The van der Waals surface area contributed by atoms with E-state index in [4.69, 9.17) is 10.00 Å². The highest BCUT2D eigenvalue weighted by Gasteiger charge is 2.13. The fourth-order valence-corrected chi connectivity index (χ4v) is 1.60. The predicted molar refractivity (Wildman–Crippen MR) is 64.2 cm³/mol. The van der Waals surface area contributed by atoms with E-state index < -0.39 is 6.10 Å². The van der Waals surface area contributed by atoms with E-state index in [0.717, 1.165) is 12.1 Å². The summed E-state index contributed by atoms with van der Waals surface area (Å²) < 4.78 is 18.6. The Morgan fingerprint density at radius 2 is 2.18 bits per heavy atom. The molecule has 0 saturated heterocycles. The van der Waals surface area contributed by atoms with Crippen molar-refractivity contribution >= 4 is 0 Å². The normalized spacial score (nSPS) is 13.8. The van der Waals surface area contributed by atoms with Gasteiger partial charge in [-0.1, -0.05) is 13.0 Å². The van der Waals surface area contributed by atoms with Gasteiger partial charge in [-0.25, -0.2) is 4.39 Å². The minimum absolute atomic E-state index is 0.0569. The Labute approximate surface area is 101 Å². The zero-order valence-corrected chi connectivity index (χ0v) is 10.3. The van der Waals surface area contributed by atoms with Gasteiger partial charge < -0.3 is 10.1 Å². The van der Waals surface area contributed by atoms with Crippen LogP contribution in [0.4, 0.5) is 4.39 Å². The summed E-state index contributed by atoms with van der Waals surface area (Å²) in [6.07, 6.45) is -0.593. The molecular weight excluding hydrogens is 219 g/mol. The molecule has 0 aliphatic rings. The maximum atomic E-state index is 13.2. The molecule has 0 radical (unpaired) electrons. The standard InChI is InChI=1S/C13H17FN2O/c1-4-16-10(3)12-6-5-11(14)7-13(12)17-9(2)8-15/h5-7,9-10,16H,4H2,1-3H3. The molecule has 1 aromatic carbocycles. The van der Waals surface area contributed by atoms with Crippen LogP contribution in [-0.2, 0) is 0 Å². The van der Waals surface area contributed by atoms with E-state index in [1.54, 1.807) is 13.0 Å². The smallest absolute Gasteiger partial charge is 0.181 e. The van der Waals surface area contributed by atoms with Crippen molar-refractivity contribution in [2.24, 2.45) is 0 Å². The van der Waals surface area contributed by atoms with Crippen molar-refractivity contribution in [2.75, 3.05) is 6.54 Å². The molecule has 0 fully saturated rings. The van der Waals surface area contributed by atoms with Gasteiger partial charge in [0.25, 0.3) is 0 Å². The lowest BCUT2D eigenvalue weighted by atomic mass is 10.1. The molecule has 0 spiro atoms. The van der Waals surface area contributed by atoms with E-state index in [0.29, 0.717) is 5.75 Å². The summed E-state index contributed by atoms with van der Waals surface area (Å²) in [5.41, 5.74) is 0.857. The van der Waals surface area contributed by atoms with Crippen molar-refractivity contribution in [3.05, 3.63) is 29.6 Å². The molecule has 0 heterocycles. The van der Waals surface area contributed by atoms with Crippen molar-refractivity contribution < 1.29 is 9.13 Å². The van der Waals surface area contributed by atoms with Crippen LogP contribution in [0.5, 0.6) is 5.75 Å². The first-order valence-corrected chi connectivity index (χ1v) is 5.67. The Balaban J connectivity index is 2.99. The highest BCUT2D eigenvalue weighted by atomic mass is 19.1.